The van der Waals surface area contributed by atoms with Gasteiger partial charge in [0.25, 0.3) is 0 Å². The fraction of sp³-hybridized carbons (Fsp3) is 0.286. The van der Waals surface area contributed by atoms with Crippen molar-refractivity contribution >= 4 is 11.3 Å². The fourth-order valence-corrected chi connectivity index (χ4v) is 2.82. The van der Waals surface area contributed by atoms with Gasteiger partial charge >= 0.3 is 0 Å². The molecular weight excluding hydrogens is 284 g/mol. The van der Waals surface area contributed by atoms with Crippen LogP contribution in [-0.2, 0) is 6.54 Å². The Labute approximate surface area is 126 Å². The lowest BCUT2D eigenvalue weighted by atomic mass is 10.1. The second-order valence-electron chi connectivity index (χ2n) is 4.80. The minimum absolute atomic E-state index is 0.240. The summed E-state index contributed by atoms with van der Waals surface area (Å²) in [7, 11) is 0. The zero-order valence-electron chi connectivity index (χ0n) is 11.9. The number of aromatic nitrogens is 5. The molecule has 0 fully saturated rings. The molecule has 1 N–H and O–H groups in total. The van der Waals surface area contributed by atoms with Gasteiger partial charge in [0.1, 0.15) is 6.33 Å². The van der Waals surface area contributed by atoms with Crippen LogP contribution in [-0.4, -0.2) is 25.2 Å². The minimum atomic E-state index is 0.240. The van der Waals surface area contributed by atoms with Crippen molar-refractivity contribution in [3.05, 3.63) is 52.2 Å². The maximum atomic E-state index is 4.27. The van der Waals surface area contributed by atoms with E-state index in [0.717, 1.165) is 17.2 Å². The van der Waals surface area contributed by atoms with Crippen molar-refractivity contribution in [2.75, 3.05) is 0 Å². The van der Waals surface area contributed by atoms with Crippen molar-refractivity contribution < 1.29 is 0 Å². The number of nitrogens with one attached hydrogen (secondary N) is 1. The van der Waals surface area contributed by atoms with Crippen LogP contribution in [0, 0.1) is 6.92 Å². The van der Waals surface area contributed by atoms with Crippen molar-refractivity contribution in [2.45, 2.75) is 26.4 Å². The molecule has 3 rings (SSSR count). The second kappa shape index (κ2) is 6.11. The van der Waals surface area contributed by atoms with Gasteiger partial charge in [-0.1, -0.05) is 12.1 Å². The minimum Gasteiger partial charge on any atom is -0.305 e. The predicted octanol–water partition coefficient (Wildman–Crippen LogP) is 2.28. The number of hydrogen-bond acceptors (Lipinski definition) is 6. The Morgan fingerprint density at radius 1 is 1.38 bits per heavy atom. The maximum Gasteiger partial charge on any atom is 0.143 e. The monoisotopic (exact) mass is 300 g/mol. The zero-order chi connectivity index (χ0) is 14.7. The number of hydrogen-bond donors (Lipinski definition) is 1. The van der Waals surface area contributed by atoms with Gasteiger partial charge in [0.15, 0.2) is 0 Å². The Balaban J connectivity index is 1.69. The van der Waals surface area contributed by atoms with Crippen molar-refractivity contribution in [1.29, 1.82) is 0 Å². The van der Waals surface area contributed by atoms with E-state index in [1.54, 1.807) is 22.3 Å². The van der Waals surface area contributed by atoms with Crippen LogP contribution >= 0.6 is 11.3 Å². The highest BCUT2D eigenvalue weighted by Gasteiger charge is 2.08. The van der Waals surface area contributed by atoms with E-state index in [1.807, 2.05) is 25.3 Å². The van der Waals surface area contributed by atoms with Gasteiger partial charge in [-0.3, -0.25) is 0 Å². The van der Waals surface area contributed by atoms with E-state index in [9.17, 15) is 0 Å². The molecule has 0 radical (unpaired) electrons. The molecule has 0 saturated heterocycles. The lowest BCUT2D eigenvalue weighted by molar-refractivity contribution is 0.578. The molecule has 0 spiro atoms. The summed E-state index contributed by atoms with van der Waals surface area (Å²) in [4.78, 5) is 5.51. The molecule has 3 aromatic rings. The molecule has 1 aromatic carbocycles. The van der Waals surface area contributed by atoms with Crippen LogP contribution in [0.5, 0.6) is 0 Å². The third kappa shape index (κ3) is 3.32. The summed E-state index contributed by atoms with van der Waals surface area (Å²) in [5.74, 6) is 0. The molecule has 0 saturated carbocycles. The van der Waals surface area contributed by atoms with Crippen LogP contribution in [0.4, 0.5) is 0 Å². The smallest absolute Gasteiger partial charge is 0.143 e. The van der Waals surface area contributed by atoms with Gasteiger partial charge in [0.2, 0.25) is 0 Å². The van der Waals surface area contributed by atoms with E-state index in [-0.39, 0.29) is 6.04 Å². The quantitative estimate of drug-likeness (QED) is 0.783. The molecule has 0 aliphatic carbocycles. The van der Waals surface area contributed by atoms with E-state index < -0.39 is 0 Å². The van der Waals surface area contributed by atoms with Crippen LogP contribution in [0.25, 0.3) is 5.69 Å². The van der Waals surface area contributed by atoms with Gasteiger partial charge in [-0.05, 0) is 42.0 Å². The lowest BCUT2D eigenvalue weighted by Crippen LogP contribution is -2.17. The highest BCUT2D eigenvalue weighted by atomic mass is 32.1. The van der Waals surface area contributed by atoms with Gasteiger partial charge in [-0.15, -0.1) is 16.4 Å². The predicted molar refractivity (Wildman–Crippen MR) is 81.3 cm³/mol. The molecule has 6 nitrogen and oxygen atoms in total. The number of thiazole rings is 1. The molecule has 2 heterocycles. The lowest BCUT2D eigenvalue weighted by Gasteiger charge is -2.14. The van der Waals surface area contributed by atoms with E-state index >= 15 is 0 Å². The third-order valence-electron chi connectivity index (χ3n) is 3.24. The first kappa shape index (κ1) is 13.8. The Morgan fingerprint density at radius 3 is 3.00 bits per heavy atom. The Kier molecular flexibility index (Phi) is 4.03. The molecule has 0 aliphatic heterocycles. The van der Waals surface area contributed by atoms with Gasteiger partial charge in [0.05, 0.1) is 10.7 Å². The molecule has 21 heavy (non-hydrogen) atoms. The SMILES string of the molecule is Cc1ncc(CNC(C)c2cccc(-n3cnnn3)c2)s1. The van der Waals surface area contributed by atoms with Crippen LogP contribution in [0.2, 0.25) is 0 Å². The number of aryl methyl sites for hydroxylation is 1. The molecule has 108 valence electrons. The van der Waals surface area contributed by atoms with E-state index in [4.69, 9.17) is 0 Å². The summed E-state index contributed by atoms with van der Waals surface area (Å²) >= 11 is 1.72. The third-order valence-corrected chi connectivity index (χ3v) is 4.15. The van der Waals surface area contributed by atoms with E-state index in [1.165, 1.54) is 10.4 Å². The molecule has 0 amide bonds. The normalized spacial score (nSPS) is 12.5. The largest absolute Gasteiger partial charge is 0.305 e. The van der Waals surface area contributed by atoms with Crippen molar-refractivity contribution in [3.63, 3.8) is 0 Å². The van der Waals surface area contributed by atoms with Gasteiger partial charge in [0, 0.05) is 23.7 Å². The Morgan fingerprint density at radius 2 is 2.29 bits per heavy atom. The average Bonchev–Trinajstić information content (AvgIpc) is 3.16. The summed E-state index contributed by atoms with van der Waals surface area (Å²) in [5.41, 5.74) is 2.16. The Bertz CT molecular complexity index is 706. The van der Waals surface area contributed by atoms with Crippen LogP contribution in [0.3, 0.4) is 0 Å². The van der Waals surface area contributed by atoms with Crippen molar-refractivity contribution in [1.82, 2.24) is 30.5 Å². The van der Waals surface area contributed by atoms with Gasteiger partial charge in [-0.25, -0.2) is 9.67 Å². The topological polar surface area (TPSA) is 68.5 Å². The molecule has 7 heteroatoms. The number of rotatable bonds is 5. The van der Waals surface area contributed by atoms with Gasteiger partial charge in [-0.2, -0.15) is 0 Å². The number of benzene rings is 1. The maximum absolute atomic E-state index is 4.27. The zero-order valence-corrected chi connectivity index (χ0v) is 12.7. The van der Waals surface area contributed by atoms with E-state index in [2.05, 4.69) is 44.9 Å². The summed E-state index contributed by atoms with van der Waals surface area (Å²) in [6.45, 7) is 4.99. The van der Waals surface area contributed by atoms with Crippen LogP contribution < -0.4 is 5.32 Å². The average molecular weight is 300 g/mol. The summed E-state index contributed by atoms with van der Waals surface area (Å²) in [6.07, 6.45) is 3.52. The van der Waals surface area contributed by atoms with Crippen LogP contribution in [0.15, 0.2) is 36.8 Å². The first-order chi connectivity index (χ1) is 10.2. The Hall–Kier alpha value is -2.12. The number of nitrogens with zero attached hydrogens (tertiary/aromatic N) is 5. The molecule has 2 aromatic heterocycles. The van der Waals surface area contributed by atoms with Gasteiger partial charge < -0.3 is 5.32 Å². The summed E-state index contributed by atoms with van der Waals surface area (Å²) < 4.78 is 1.66. The standard InChI is InChI=1S/C14H16N6S/c1-10(15-7-14-8-16-11(2)21-14)12-4-3-5-13(6-12)20-9-17-18-19-20/h3-6,8-10,15H,7H2,1-2H3. The summed E-state index contributed by atoms with van der Waals surface area (Å²) in [5, 5.41) is 15.8. The second-order valence-corrected chi connectivity index (χ2v) is 6.12. The number of tetrazole rings is 1. The first-order valence-corrected chi connectivity index (χ1v) is 7.52. The van der Waals surface area contributed by atoms with E-state index in [0.29, 0.717) is 0 Å². The molecule has 0 aliphatic rings. The fourth-order valence-electron chi connectivity index (χ4n) is 2.07. The molecule has 1 atom stereocenters. The molecule has 1 unspecified atom stereocenters. The highest BCUT2D eigenvalue weighted by molar-refractivity contribution is 7.11. The van der Waals surface area contributed by atoms with Crippen molar-refractivity contribution in [3.8, 4) is 5.69 Å². The molecular formula is C14H16N6S. The molecule has 0 bridgehead atoms. The van der Waals surface area contributed by atoms with Crippen LogP contribution in [0.1, 0.15) is 28.4 Å². The first-order valence-electron chi connectivity index (χ1n) is 6.70. The summed E-state index contributed by atoms with van der Waals surface area (Å²) in [6, 6.07) is 8.43. The van der Waals surface area contributed by atoms with Crippen molar-refractivity contribution in [2.24, 2.45) is 0 Å². The highest BCUT2D eigenvalue weighted by Crippen LogP contribution is 2.18.